The van der Waals surface area contributed by atoms with Crippen LogP contribution < -0.4 is 5.32 Å². The van der Waals surface area contributed by atoms with E-state index in [1.54, 1.807) is 0 Å². The van der Waals surface area contributed by atoms with E-state index in [0.717, 1.165) is 19.4 Å². The number of piperidine rings is 1. The molecular weight excluding hydrogens is 176 g/mol. The largest absolute Gasteiger partial charge is 0.337 e. The van der Waals surface area contributed by atoms with Crippen LogP contribution in [0.5, 0.6) is 0 Å². The Hall–Kier alpha value is -0.570. The lowest BCUT2D eigenvalue weighted by Crippen LogP contribution is -2.48. The maximum Gasteiger partial charge on any atom is 0.224 e. The maximum absolute atomic E-state index is 11.9. The van der Waals surface area contributed by atoms with Crippen LogP contribution in [0.25, 0.3) is 0 Å². The van der Waals surface area contributed by atoms with Gasteiger partial charge >= 0.3 is 0 Å². The predicted molar refractivity (Wildman–Crippen MR) is 58.2 cm³/mol. The highest BCUT2D eigenvalue weighted by Gasteiger charge is 2.27. The number of hydrogen-bond acceptors (Lipinski definition) is 2. The summed E-state index contributed by atoms with van der Waals surface area (Å²) in [5.74, 6) is 0.305. The monoisotopic (exact) mass is 198 g/mol. The molecule has 0 bridgehead atoms. The third kappa shape index (κ3) is 2.71. The van der Waals surface area contributed by atoms with Crippen LogP contribution in [0.1, 0.15) is 39.5 Å². The van der Waals surface area contributed by atoms with Crippen LogP contribution in [0.4, 0.5) is 0 Å². The Kier molecular flexibility index (Phi) is 4.39. The fraction of sp³-hybridized carbons (Fsp3) is 0.909. The summed E-state index contributed by atoms with van der Waals surface area (Å²) in [5, 5.41) is 3.02. The number of nitrogens with zero attached hydrogens (tertiary/aromatic N) is 1. The lowest BCUT2D eigenvalue weighted by Gasteiger charge is -2.39. The van der Waals surface area contributed by atoms with Gasteiger partial charge in [0.1, 0.15) is 0 Å². The van der Waals surface area contributed by atoms with Crippen LogP contribution in [-0.2, 0) is 4.79 Å². The zero-order chi connectivity index (χ0) is 10.6. The van der Waals surface area contributed by atoms with Crippen molar-refractivity contribution < 1.29 is 4.79 Å². The van der Waals surface area contributed by atoms with Crippen LogP contribution >= 0.6 is 0 Å². The predicted octanol–water partition coefficient (Wildman–Crippen LogP) is 1.39. The van der Waals surface area contributed by atoms with Crippen molar-refractivity contribution >= 4 is 5.91 Å². The fourth-order valence-electron chi connectivity index (χ4n) is 2.27. The Bertz CT molecular complexity index is 184. The molecule has 3 nitrogen and oxygen atoms in total. The lowest BCUT2D eigenvalue weighted by atomic mass is 9.97. The molecule has 1 rings (SSSR count). The van der Waals surface area contributed by atoms with Crippen LogP contribution in [0.3, 0.4) is 0 Å². The van der Waals surface area contributed by atoms with Crippen molar-refractivity contribution in [2.75, 3.05) is 13.6 Å². The van der Waals surface area contributed by atoms with Gasteiger partial charge in [-0.3, -0.25) is 4.79 Å². The molecule has 1 amide bonds. The first-order valence-electron chi connectivity index (χ1n) is 5.62. The van der Waals surface area contributed by atoms with E-state index < -0.39 is 0 Å². The number of nitrogens with one attached hydrogen (secondary N) is 1. The topological polar surface area (TPSA) is 32.3 Å². The Morgan fingerprint density at radius 3 is 2.43 bits per heavy atom. The van der Waals surface area contributed by atoms with Gasteiger partial charge in [-0.2, -0.15) is 0 Å². The summed E-state index contributed by atoms with van der Waals surface area (Å²) in [7, 11) is 1.89. The third-order valence-electron chi connectivity index (χ3n) is 3.07. The van der Waals surface area contributed by atoms with Crippen molar-refractivity contribution in [1.29, 1.82) is 0 Å². The second-order valence-electron chi connectivity index (χ2n) is 4.28. The van der Waals surface area contributed by atoms with Gasteiger partial charge in [-0.05, 0) is 40.2 Å². The standard InChI is InChI=1S/C11H22N2O/c1-9-5-4-6-10(2)13(9)11(14)7-8-12-3/h9-10,12H,4-8H2,1-3H3/t9-,10+. The lowest BCUT2D eigenvalue weighted by molar-refractivity contribution is -0.137. The highest BCUT2D eigenvalue weighted by atomic mass is 16.2. The van der Waals surface area contributed by atoms with Gasteiger partial charge < -0.3 is 10.2 Å². The van der Waals surface area contributed by atoms with E-state index in [-0.39, 0.29) is 0 Å². The zero-order valence-corrected chi connectivity index (χ0v) is 9.55. The molecule has 0 aliphatic carbocycles. The molecule has 82 valence electrons. The Balaban J connectivity index is 2.49. The number of likely N-dealkylation sites (tertiary alicyclic amines) is 1. The Morgan fingerprint density at radius 2 is 1.93 bits per heavy atom. The van der Waals surface area contributed by atoms with E-state index in [1.807, 2.05) is 7.05 Å². The van der Waals surface area contributed by atoms with Gasteiger partial charge in [0.15, 0.2) is 0 Å². The summed E-state index contributed by atoms with van der Waals surface area (Å²) in [6.07, 6.45) is 4.22. The van der Waals surface area contributed by atoms with Gasteiger partial charge in [-0.15, -0.1) is 0 Å². The van der Waals surface area contributed by atoms with Crippen LogP contribution in [0, 0.1) is 0 Å². The van der Waals surface area contributed by atoms with Gasteiger partial charge in [0, 0.05) is 25.0 Å². The second kappa shape index (κ2) is 5.35. The first-order chi connectivity index (χ1) is 6.66. The maximum atomic E-state index is 11.9. The Morgan fingerprint density at radius 1 is 1.36 bits per heavy atom. The van der Waals surface area contributed by atoms with Gasteiger partial charge in [0.25, 0.3) is 0 Å². The van der Waals surface area contributed by atoms with Gasteiger partial charge in [-0.25, -0.2) is 0 Å². The number of amides is 1. The summed E-state index contributed by atoms with van der Waals surface area (Å²) in [6, 6.07) is 0.867. The van der Waals surface area contributed by atoms with Gasteiger partial charge in [-0.1, -0.05) is 0 Å². The fourth-order valence-corrected chi connectivity index (χ4v) is 2.27. The molecule has 0 aromatic heterocycles. The Labute approximate surface area is 86.9 Å². The SMILES string of the molecule is CNCCC(=O)N1[C@H](C)CCC[C@@H]1C. The summed E-state index contributed by atoms with van der Waals surface area (Å²) in [5.41, 5.74) is 0. The van der Waals surface area contributed by atoms with Crippen LogP contribution in [-0.4, -0.2) is 36.5 Å². The first kappa shape index (κ1) is 11.5. The van der Waals surface area contributed by atoms with Gasteiger partial charge in [0.05, 0.1) is 0 Å². The molecule has 0 radical (unpaired) electrons. The molecule has 1 aliphatic heterocycles. The van der Waals surface area contributed by atoms with Crippen LogP contribution in [0.2, 0.25) is 0 Å². The van der Waals surface area contributed by atoms with E-state index in [4.69, 9.17) is 0 Å². The van der Waals surface area contributed by atoms with Crippen molar-refractivity contribution in [3.05, 3.63) is 0 Å². The molecule has 1 N–H and O–H groups in total. The molecule has 1 aliphatic rings. The van der Waals surface area contributed by atoms with E-state index >= 15 is 0 Å². The highest BCUT2D eigenvalue weighted by molar-refractivity contribution is 5.77. The molecule has 0 spiro atoms. The van der Waals surface area contributed by atoms with Crippen molar-refractivity contribution in [2.24, 2.45) is 0 Å². The normalized spacial score (nSPS) is 27.8. The molecule has 0 unspecified atom stereocenters. The van der Waals surface area contributed by atoms with Crippen molar-refractivity contribution in [2.45, 2.75) is 51.6 Å². The number of carbonyl (C=O) groups excluding carboxylic acids is 1. The van der Waals surface area contributed by atoms with Crippen molar-refractivity contribution in [3.8, 4) is 0 Å². The molecule has 0 saturated carbocycles. The third-order valence-corrected chi connectivity index (χ3v) is 3.07. The molecule has 0 aromatic carbocycles. The summed E-state index contributed by atoms with van der Waals surface area (Å²) >= 11 is 0. The van der Waals surface area contributed by atoms with E-state index in [0.29, 0.717) is 24.4 Å². The minimum atomic E-state index is 0.305. The molecule has 1 saturated heterocycles. The minimum absolute atomic E-state index is 0.305. The molecule has 2 atom stereocenters. The van der Waals surface area contributed by atoms with Crippen molar-refractivity contribution in [3.63, 3.8) is 0 Å². The number of hydrogen-bond donors (Lipinski definition) is 1. The zero-order valence-electron chi connectivity index (χ0n) is 9.55. The average Bonchev–Trinajstić information content (AvgIpc) is 2.14. The summed E-state index contributed by atoms with van der Waals surface area (Å²) in [6.45, 7) is 5.11. The van der Waals surface area contributed by atoms with E-state index in [1.165, 1.54) is 6.42 Å². The molecule has 1 fully saturated rings. The molecule has 14 heavy (non-hydrogen) atoms. The molecule has 1 heterocycles. The molecular formula is C11H22N2O. The minimum Gasteiger partial charge on any atom is -0.337 e. The quantitative estimate of drug-likeness (QED) is 0.743. The number of carbonyl (C=O) groups is 1. The number of rotatable bonds is 3. The van der Waals surface area contributed by atoms with Crippen LogP contribution in [0.15, 0.2) is 0 Å². The first-order valence-corrected chi connectivity index (χ1v) is 5.62. The average molecular weight is 198 g/mol. The van der Waals surface area contributed by atoms with E-state index in [9.17, 15) is 4.79 Å². The van der Waals surface area contributed by atoms with E-state index in [2.05, 4.69) is 24.1 Å². The molecule has 0 aromatic rings. The second-order valence-corrected chi connectivity index (χ2v) is 4.28. The highest BCUT2D eigenvalue weighted by Crippen LogP contribution is 2.22. The summed E-state index contributed by atoms with van der Waals surface area (Å²) < 4.78 is 0. The summed E-state index contributed by atoms with van der Waals surface area (Å²) in [4.78, 5) is 13.9. The smallest absolute Gasteiger partial charge is 0.224 e. The molecule has 3 heteroatoms. The van der Waals surface area contributed by atoms with Crippen molar-refractivity contribution in [1.82, 2.24) is 10.2 Å². The van der Waals surface area contributed by atoms with Gasteiger partial charge in [0.2, 0.25) is 5.91 Å².